The summed E-state index contributed by atoms with van der Waals surface area (Å²) in [6, 6.07) is 0.599. The van der Waals surface area contributed by atoms with Gasteiger partial charge in [0.2, 0.25) is 5.91 Å². The number of hydrogen-bond acceptors (Lipinski definition) is 2. The Bertz CT molecular complexity index is 234. The van der Waals surface area contributed by atoms with Crippen LogP contribution in [-0.4, -0.2) is 29.6 Å². The van der Waals surface area contributed by atoms with Crippen molar-refractivity contribution < 1.29 is 4.79 Å². The normalized spacial score (nSPS) is 37.3. The van der Waals surface area contributed by atoms with Crippen molar-refractivity contribution in [2.45, 2.75) is 58.0 Å². The predicted molar refractivity (Wildman–Crippen MR) is 60.3 cm³/mol. The van der Waals surface area contributed by atoms with Gasteiger partial charge >= 0.3 is 0 Å². The summed E-state index contributed by atoms with van der Waals surface area (Å²) >= 11 is 0. The van der Waals surface area contributed by atoms with E-state index in [4.69, 9.17) is 0 Å². The smallest absolute Gasteiger partial charge is 0.241 e. The molecule has 2 fully saturated rings. The van der Waals surface area contributed by atoms with Gasteiger partial charge in [0, 0.05) is 6.04 Å². The molecule has 0 aromatic heterocycles. The molecule has 1 aliphatic heterocycles. The average molecular weight is 210 g/mol. The first-order chi connectivity index (χ1) is 7.22. The maximum Gasteiger partial charge on any atom is 0.241 e. The van der Waals surface area contributed by atoms with Gasteiger partial charge in [-0.05, 0) is 38.0 Å². The van der Waals surface area contributed by atoms with E-state index in [1.165, 1.54) is 25.7 Å². The van der Waals surface area contributed by atoms with E-state index >= 15 is 0 Å². The van der Waals surface area contributed by atoms with Gasteiger partial charge in [-0.1, -0.05) is 13.8 Å². The van der Waals surface area contributed by atoms with Crippen molar-refractivity contribution in [1.82, 2.24) is 10.2 Å². The Hall–Kier alpha value is -0.570. The third-order valence-corrected chi connectivity index (χ3v) is 3.92. The number of hydrogen-bond donors (Lipinski definition) is 1. The zero-order valence-electron chi connectivity index (χ0n) is 9.83. The standard InChI is InChI=1S/C12H22N2O/c1-3-11-12(15)14(8-13-11)10-6-4-9(2)5-7-10/h9-11,13H,3-8H2,1-2H3. The van der Waals surface area contributed by atoms with Crippen molar-refractivity contribution in [2.24, 2.45) is 5.92 Å². The molecular weight excluding hydrogens is 188 g/mol. The lowest BCUT2D eigenvalue weighted by atomic mass is 9.86. The average Bonchev–Trinajstić information content (AvgIpc) is 2.61. The van der Waals surface area contributed by atoms with Crippen LogP contribution in [0.4, 0.5) is 0 Å². The van der Waals surface area contributed by atoms with Gasteiger partial charge in [-0.25, -0.2) is 0 Å². The Labute approximate surface area is 92.2 Å². The highest BCUT2D eigenvalue weighted by Crippen LogP contribution is 2.28. The van der Waals surface area contributed by atoms with Gasteiger partial charge in [-0.2, -0.15) is 0 Å². The fraction of sp³-hybridized carbons (Fsp3) is 0.917. The van der Waals surface area contributed by atoms with E-state index in [1.54, 1.807) is 0 Å². The molecule has 0 spiro atoms. The number of rotatable bonds is 2. The largest absolute Gasteiger partial charge is 0.326 e. The molecule has 1 aliphatic carbocycles. The lowest BCUT2D eigenvalue weighted by Crippen LogP contribution is -2.40. The maximum absolute atomic E-state index is 12.0. The summed E-state index contributed by atoms with van der Waals surface area (Å²) in [5, 5.41) is 3.29. The Kier molecular flexibility index (Phi) is 3.29. The third-order valence-electron chi connectivity index (χ3n) is 3.92. The first kappa shape index (κ1) is 10.9. The fourth-order valence-electron chi connectivity index (χ4n) is 2.76. The highest BCUT2D eigenvalue weighted by Gasteiger charge is 2.35. The van der Waals surface area contributed by atoms with Crippen molar-refractivity contribution in [1.29, 1.82) is 0 Å². The van der Waals surface area contributed by atoms with E-state index in [0.29, 0.717) is 11.9 Å². The lowest BCUT2D eigenvalue weighted by molar-refractivity contribution is -0.131. The molecule has 3 heteroatoms. The third kappa shape index (κ3) is 2.17. The highest BCUT2D eigenvalue weighted by atomic mass is 16.2. The van der Waals surface area contributed by atoms with Gasteiger partial charge in [0.1, 0.15) is 0 Å². The van der Waals surface area contributed by atoms with Crippen LogP contribution in [0.1, 0.15) is 46.0 Å². The highest BCUT2D eigenvalue weighted by molar-refractivity contribution is 5.84. The van der Waals surface area contributed by atoms with Crippen molar-refractivity contribution in [2.75, 3.05) is 6.67 Å². The van der Waals surface area contributed by atoms with Gasteiger partial charge in [-0.15, -0.1) is 0 Å². The minimum atomic E-state index is 0.0874. The van der Waals surface area contributed by atoms with Crippen LogP contribution in [0.15, 0.2) is 0 Å². The van der Waals surface area contributed by atoms with Crippen LogP contribution in [0.2, 0.25) is 0 Å². The molecule has 0 bridgehead atoms. The summed E-state index contributed by atoms with van der Waals surface area (Å²) in [7, 11) is 0. The number of carbonyl (C=O) groups excluding carboxylic acids is 1. The number of amides is 1. The fourth-order valence-corrected chi connectivity index (χ4v) is 2.76. The molecule has 1 saturated carbocycles. The second-order valence-electron chi connectivity index (χ2n) is 5.04. The lowest BCUT2D eigenvalue weighted by Gasteiger charge is -2.33. The van der Waals surface area contributed by atoms with Gasteiger partial charge in [0.25, 0.3) is 0 Å². The molecule has 1 unspecified atom stereocenters. The van der Waals surface area contributed by atoms with Crippen molar-refractivity contribution in [3.8, 4) is 0 Å². The van der Waals surface area contributed by atoms with Crippen molar-refractivity contribution in [3.05, 3.63) is 0 Å². The first-order valence-corrected chi connectivity index (χ1v) is 6.26. The molecule has 1 atom stereocenters. The maximum atomic E-state index is 12.0. The van der Waals surface area contributed by atoms with Crippen LogP contribution in [0.25, 0.3) is 0 Å². The Morgan fingerprint density at radius 2 is 2.00 bits per heavy atom. The van der Waals surface area contributed by atoms with E-state index in [9.17, 15) is 4.79 Å². The minimum Gasteiger partial charge on any atom is -0.326 e. The summed E-state index contributed by atoms with van der Waals surface area (Å²) < 4.78 is 0. The van der Waals surface area contributed by atoms with Gasteiger partial charge in [0.15, 0.2) is 0 Å². The molecule has 1 N–H and O–H groups in total. The first-order valence-electron chi connectivity index (χ1n) is 6.26. The molecule has 15 heavy (non-hydrogen) atoms. The summed E-state index contributed by atoms with van der Waals surface area (Å²) in [4.78, 5) is 14.1. The van der Waals surface area contributed by atoms with Crippen LogP contribution in [-0.2, 0) is 4.79 Å². The quantitative estimate of drug-likeness (QED) is 0.753. The van der Waals surface area contributed by atoms with Crippen LogP contribution in [0.5, 0.6) is 0 Å². The molecule has 2 rings (SSSR count). The topological polar surface area (TPSA) is 32.3 Å². The SMILES string of the molecule is CCC1NCN(C2CCC(C)CC2)C1=O. The van der Waals surface area contributed by atoms with Crippen LogP contribution < -0.4 is 5.32 Å². The van der Waals surface area contributed by atoms with Crippen molar-refractivity contribution >= 4 is 5.91 Å². The van der Waals surface area contributed by atoms with Crippen molar-refractivity contribution in [3.63, 3.8) is 0 Å². The Morgan fingerprint density at radius 3 is 2.53 bits per heavy atom. The van der Waals surface area contributed by atoms with Gasteiger partial charge < -0.3 is 4.90 Å². The summed E-state index contributed by atoms with van der Waals surface area (Å²) in [5.74, 6) is 1.19. The molecule has 86 valence electrons. The molecule has 1 saturated heterocycles. The zero-order valence-corrected chi connectivity index (χ0v) is 9.83. The second kappa shape index (κ2) is 4.52. The zero-order chi connectivity index (χ0) is 10.8. The molecule has 1 amide bonds. The van der Waals surface area contributed by atoms with E-state index in [0.717, 1.165) is 19.0 Å². The molecule has 0 aromatic carbocycles. The molecule has 0 radical (unpaired) electrons. The molecule has 1 heterocycles. The van der Waals surface area contributed by atoms with Gasteiger partial charge in [-0.3, -0.25) is 10.1 Å². The number of nitrogens with one attached hydrogen (secondary N) is 1. The molecular formula is C12H22N2O. The Balaban J connectivity index is 1.92. The summed E-state index contributed by atoms with van der Waals surface area (Å²) in [5.41, 5.74) is 0. The monoisotopic (exact) mass is 210 g/mol. The molecule has 0 aromatic rings. The molecule has 3 nitrogen and oxygen atoms in total. The van der Waals surface area contributed by atoms with Crippen LogP contribution >= 0.6 is 0 Å². The second-order valence-corrected chi connectivity index (χ2v) is 5.04. The number of nitrogens with zero attached hydrogens (tertiary/aromatic N) is 1. The number of carbonyl (C=O) groups is 1. The van der Waals surface area contributed by atoms with Crippen LogP contribution in [0.3, 0.4) is 0 Å². The van der Waals surface area contributed by atoms with E-state index in [-0.39, 0.29) is 6.04 Å². The Morgan fingerprint density at radius 1 is 1.33 bits per heavy atom. The van der Waals surface area contributed by atoms with E-state index in [1.807, 2.05) is 0 Å². The summed E-state index contributed by atoms with van der Waals surface area (Å²) in [6.07, 6.45) is 5.88. The molecule has 2 aliphatic rings. The predicted octanol–water partition coefficient (Wildman–Crippen LogP) is 1.73. The van der Waals surface area contributed by atoms with Crippen LogP contribution in [0, 0.1) is 5.92 Å². The summed E-state index contributed by atoms with van der Waals surface area (Å²) in [6.45, 7) is 5.16. The minimum absolute atomic E-state index is 0.0874. The van der Waals surface area contributed by atoms with E-state index < -0.39 is 0 Å². The van der Waals surface area contributed by atoms with Gasteiger partial charge in [0.05, 0.1) is 12.7 Å². The van der Waals surface area contributed by atoms with E-state index in [2.05, 4.69) is 24.1 Å².